The fraction of sp³-hybridized carbons (Fsp3) is 0.417. The Labute approximate surface area is 183 Å². The van der Waals surface area contributed by atoms with Crippen LogP contribution in [-0.2, 0) is 16.1 Å². The first-order valence-corrected chi connectivity index (χ1v) is 10.6. The van der Waals surface area contributed by atoms with Crippen molar-refractivity contribution < 1.29 is 18.7 Å². The lowest BCUT2D eigenvalue weighted by Gasteiger charge is -2.37. The minimum atomic E-state index is -0.300. The lowest BCUT2D eigenvalue weighted by Crippen LogP contribution is -2.49. The number of para-hydroxylation sites is 2. The molecule has 0 radical (unpaired) electrons. The van der Waals surface area contributed by atoms with Crippen LogP contribution in [0.5, 0.6) is 5.75 Å². The van der Waals surface area contributed by atoms with Crippen molar-refractivity contribution in [3.05, 3.63) is 59.9 Å². The second kappa shape index (κ2) is 10.8. The van der Waals surface area contributed by atoms with Crippen LogP contribution in [0, 0.1) is 11.7 Å². The van der Waals surface area contributed by atoms with Crippen LogP contribution >= 0.6 is 0 Å². The van der Waals surface area contributed by atoms with Crippen LogP contribution in [0.4, 0.5) is 10.1 Å². The van der Waals surface area contributed by atoms with E-state index in [2.05, 4.69) is 10.2 Å². The largest absolute Gasteiger partial charge is 0.495 e. The fourth-order valence-corrected chi connectivity index (χ4v) is 3.78. The van der Waals surface area contributed by atoms with Gasteiger partial charge in [0, 0.05) is 45.6 Å². The summed E-state index contributed by atoms with van der Waals surface area (Å²) in [5, 5.41) is 2.83. The summed E-state index contributed by atoms with van der Waals surface area (Å²) in [6.45, 7) is 5.07. The summed E-state index contributed by atoms with van der Waals surface area (Å²) < 4.78 is 18.4. The number of nitrogens with zero attached hydrogens (tertiary/aromatic N) is 2. The average molecular weight is 428 g/mol. The molecular formula is C24H30FN3O3. The van der Waals surface area contributed by atoms with E-state index in [9.17, 15) is 14.0 Å². The highest BCUT2D eigenvalue weighted by atomic mass is 19.1. The van der Waals surface area contributed by atoms with Gasteiger partial charge in [0.15, 0.2) is 0 Å². The van der Waals surface area contributed by atoms with Gasteiger partial charge in [-0.1, -0.05) is 31.2 Å². The molecule has 6 nitrogen and oxygen atoms in total. The van der Waals surface area contributed by atoms with Gasteiger partial charge in [-0.05, 0) is 35.7 Å². The van der Waals surface area contributed by atoms with E-state index in [0.29, 0.717) is 26.1 Å². The molecule has 7 heteroatoms. The molecule has 0 bridgehead atoms. The zero-order valence-electron chi connectivity index (χ0n) is 18.1. The van der Waals surface area contributed by atoms with Crippen molar-refractivity contribution in [3.8, 4) is 5.75 Å². The predicted molar refractivity (Wildman–Crippen MR) is 118 cm³/mol. The van der Waals surface area contributed by atoms with E-state index in [1.54, 1.807) is 19.2 Å². The molecule has 3 rings (SSSR count). The van der Waals surface area contributed by atoms with Crippen molar-refractivity contribution in [2.45, 2.75) is 26.3 Å². The summed E-state index contributed by atoms with van der Waals surface area (Å²) in [5.41, 5.74) is 1.88. The molecule has 2 aromatic rings. The standard InChI is InChI=1S/C24H30FN3O3/c1-18(15-23(29)26-17-19-7-9-20(25)10-8-19)16-24(30)28-13-11-27(12-14-28)21-5-3-4-6-22(21)31-2/h3-10,18H,11-17H2,1-2H3,(H,26,29)/t18-/m1/s1. The number of anilines is 1. The first-order valence-electron chi connectivity index (χ1n) is 10.6. The van der Waals surface area contributed by atoms with Gasteiger partial charge in [0.05, 0.1) is 12.8 Å². The van der Waals surface area contributed by atoms with Crippen molar-refractivity contribution in [3.63, 3.8) is 0 Å². The number of carbonyl (C=O) groups excluding carboxylic acids is 2. The quantitative estimate of drug-likeness (QED) is 0.703. The van der Waals surface area contributed by atoms with Gasteiger partial charge in [0.25, 0.3) is 0 Å². The fourth-order valence-electron chi connectivity index (χ4n) is 3.78. The molecule has 31 heavy (non-hydrogen) atoms. The van der Waals surface area contributed by atoms with Crippen LogP contribution in [-0.4, -0.2) is 50.0 Å². The highest BCUT2D eigenvalue weighted by molar-refractivity contribution is 5.79. The van der Waals surface area contributed by atoms with Crippen molar-refractivity contribution >= 4 is 17.5 Å². The van der Waals surface area contributed by atoms with Crippen LogP contribution in [0.3, 0.4) is 0 Å². The third kappa shape index (κ3) is 6.44. The molecule has 1 heterocycles. The third-order valence-corrected chi connectivity index (χ3v) is 5.52. The highest BCUT2D eigenvalue weighted by Gasteiger charge is 2.24. The molecule has 0 saturated carbocycles. The summed E-state index contributed by atoms with van der Waals surface area (Å²) in [5.74, 6) is 0.464. The number of benzene rings is 2. The van der Waals surface area contributed by atoms with E-state index in [4.69, 9.17) is 4.74 Å². The second-order valence-corrected chi connectivity index (χ2v) is 7.96. The number of carbonyl (C=O) groups is 2. The Hall–Kier alpha value is -3.09. The molecule has 0 aromatic heterocycles. The minimum absolute atomic E-state index is 0.0482. The zero-order chi connectivity index (χ0) is 22.2. The molecule has 1 aliphatic heterocycles. The van der Waals surface area contributed by atoms with Gasteiger partial charge in [0.1, 0.15) is 11.6 Å². The molecule has 0 spiro atoms. The number of piperazine rings is 1. The molecule has 1 fully saturated rings. The molecule has 0 unspecified atom stereocenters. The van der Waals surface area contributed by atoms with E-state index < -0.39 is 0 Å². The Bertz CT molecular complexity index is 880. The van der Waals surface area contributed by atoms with Gasteiger partial charge in [-0.15, -0.1) is 0 Å². The summed E-state index contributed by atoms with van der Waals surface area (Å²) >= 11 is 0. The molecule has 2 amide bonds. The van der Waals surface area contributed by atoms with Gasteiger partial charge in [-0.3, -0.25) is 9.59 Å². The van der Waals surface area contributed by atoms with Crippen LogP contribution in [0.25, 0.3) is 0 Å². The average Bonchev–Trinajstić information content (AvgIpc) is 2.78. The number of hydrogen-bond donors (Lipinski definition) is 1. The van der Waals surface area contributed by atoms with Crippen molar-refractivity contribution in [2.75, 3.05) is 38.2 Å². The molecular weight excluding hydrogens is 397 g/mol. The smallest absolute Gasteiger partial charge is 0.222 e. The number of hydrogen-bond acceptors (Lipinski definition) is 4. The van der Waals surface area contributed by atoms with E-state index in [1.165, 1.54) is 12.1 Å². The normalized spacial score (nSPS) is 14.8. The number of methoxy groups -OCH3 is 1. The van der Waals surface area contributed by atoms with Crippen molar-refractivity contribution in [1.82, 2.24) is 10.2 Å². The van der Waals surface area contributed by atoms with Crippen LogP contribution < -0.4 is 15.0 Å². The van der Waals surface area contributed by atoms with E-state index in [0.717, 1.165) is 30.1 Å². The van der Waals surface area contributed by atoms with Crippen LogP contribution in [0.1, 0.15) is 25.3 Å². The second-order valence-electron chi connectivity index (χ2n) is 7.96. The number of rotatable bonds is 8. The van der Waals surface area contributed by atoms with E-state index in [-0.39, 0.29) is 30.0 Å². The van der Waals surface area contributed by atoms with Crippen molar-refractivity contribution in [1.29, 1.82) is 0 Å². The Morgan fingerprint density at radius 1 is 1.03 bits per heavy atom. The molecule has 1 aliphatic rings. The summed E-state index contributed by atoms with van der Waals surface area (Å²) in [6, 6.07) is 13.9. The van der Waals surface area contributed by atoms with E-state index in [1.807, 2.05) is 36.1 Å². The topological polar surface area (TPSA) is 61.9 Å². The van der Waals surface area contributed by atoms with Gasteiger partial charge < -0.3 is 19.9 Å². The summed E-state index contributed by atoms with van der Waals surface area (Å²) in [7, 11) is 1.66. The van der Waals surface area contributed by atoms with Gasteiger partial charge in [0.2, 0.25) is 11.8 Å². The molecule has 1 atom stereocenters. The maximum Gasteiger partial charge on any atom is 0.222 e. The number of halogens is 1. The molecule has 1 N–H and O–H groups in total. The SMILES string of the molecule is COc1ccccc1N1CCN(C(=O)C[C@H](C)CC(=O)NCc2ccc(F)cc2)CC1. The maximum atomic E-state index is 12.9. The molecule has 1 saturated heterocycles. The summed E-state index contributed by atoms with van der Waals surface area (Å²) in [6.07, 6.45) is 0.632. The monoisotopic (exact) mass is 427 g/mol. The first kappa shape index (κ1) is 22.6. The van der Waals surface area contributed by atoms with E-state index >= 15 is 0 Å². The van der Waals surface area contributed by atoms with Gasteiger partial charge >= 0.3 is 0 Å². The third-order valence-electron chi connectivity index (χ3n) is 5.52. The number of nitrogens with one attached hydrogen (secondary N) is 1. The lowest BCUT2D eigenvalue weighted by molar-refractivity contribution is -0.132. The van der Waals surface area contributed by atoms with Gasteiger partial charge in [-0.25, -0.2) is 4.39 Å². The highest BCUT2D eigenvalue weighted by Crippen LogP contribution is 2.28. The Kier molecular flexibility index (Phi) is 7.87. The van der Waals surface area contributed by atoms with Gasteiger partial charge in [-0.2, -0.15) is 0 Å². The lowest BCUT2D eigenvalue weighted by atomic mass is 10.0. The molecule has 166 valence electrons. The molecule has 0 aliphatic carbocycles. The number of amides is 2. The first-order chi connectivity index (χ1) is 15.0. The Morgan fingerprint density at radius 2 is 1.71 bits per heavy atom. The Morgan fingerprint density at radius 3 is 2.39 bits per heavy atom. The van der Waals surface area contributed by atoms with Crippen molar-refractivity contribution in [2.24, 2.45) is 5.92 Å². The van der Waals surface area contributed by atoms with Crippen LogP contribution in [0.2, 0.25) is 0 Å². The molecule has 2 aromatic carbocycles. The Balaban J connectivity index is 1.40. The predicted octanol–water partition coefficient (Wildman–Crippen LogP) is 3.22. The minimum Gasteiger partial charge on any atom is -0.495 e. The maximum absolute atomic E-state index is 12.9. The summed E-state index contributed by atoms with van der Waals surface area (Å²) in [4.78, 5) is 29.0. The van der Waals surface area contributed by atoms with Crippen LogP contribution in [0.15, 0.2) is 48.5 Å². The number of ether oxygens (including phenoxy) is 1. The zero-order valence-corrected chi connectivity index (χ0v) is 18.1.